The van der Waals surface area contributed by atoms with E-state index in [1.54, 1.807) is 19.4 Å². The number of carbonyl (C=O) groups excluding carboxylic acids is 1. The second-order valence-corrected chi connectivity index (χ2v) is 7.53. The maximum Gasteiger partial charge on any atom is 0.310 e. The third kappa shape index (κ3) is 4.98. The Kier molecular flexibility index (Phi) is 6.52. The van der Waals surface area contributed by atoms with Crippen LogP contribution in [0.15, 0.2) is 77.4 Å². The van der Waals surface area contributed by atoms with E-state index in [9.17, 15) is 4.79 Å². The zero-order chi connectivity index (χ0) is 22.3. The Hall–Kier alpha value is -4.04. The fourth-order valence-corrected chi connectivity index (χ4v) is 3.71. The number of furan rings is 1. The first kappa shape index (κ1) is 21.2. The molecule has 0 saturated carbocycles. The van der Waals surface area contributed by atoms with Gasteiger partial charge in [0.2, 0.25) is 0 Å². The average molecular weight is 425 g/mol. The Bertz CT molecular complexity index is 1270. The smallest absolute Gasteiger partial charge is 0.310 e. The van der Waals surface area contributed by atoms with Gasteiger partial charge in [0, 0.05) is 17.2 Å². The summed E-state index contributed by atoms with van der Waals surface area (Å²) in [6.45, 7) is 0.252. The minimum absolute atomic E-state index is 0.170. The number of hydrogen-bond donors (Lipinski definition) is 0. The van der Waals surface area contributed by atoms with Gasteiger partial charge < -0.3 is 13.9 Å². The summed E-state index contributed by atoms with van der Waals surface area (Å²) in [5.74, 6) is 1.28. The SMILES string of the molecule is COc1ccc(CCc2occ3cc(C#N)ccc23)c(CC(=O)OCc2ccccc2)c1. The predicted molar refractivity (Wildman–Crippen MR) is 121 cm³/mol. The quantitative estimate of drug-likeness (QED) is 0.354. The zero-order valence-electron chi connectivity index (χ0n) is 17.8. The molecule has 4 rings (SSSR count). The number of aryl methyl sites for hydroxylation is 2. The van der Waals surface area contributed by atoms with Crippen LogP contribution in [0, 0.1) is 11.3 Å². The number of rotatable bonds is 8. The Morgan fingerprint density at radius 3 is 2.62 bits per heavy atom. The van der Waals surface area contributed by atoms with E-state index in [1.165, 1.54) is 0 Å². The molecule has 5 heteroatoms. The van der Waals surface area contributed by atoms with Crippen molar-refractivity contribution in [3.05, 3.63) is 101 Å². The van der Waals surface area contributed by atoms with E-state index in [-0.39, 0.29) is 19.0 Å². The van der Waals surface area contributed by atoms with Gasteiger partial charge in [0.25, 0.3) is 0 Å². The Morgan fingerprint density at radius 2 is 1.84 bits per heavy atom. The Balaban J connectivity index is 1.47. The summed E-state index contributed by atoms with van der Waals surface area (Å²) >= 11 is 0. The van der Waals surface area contributed by atoms with Crippen molar-refractivity contribution in [3.63, 3.8) is 0 Å². The maximum absolute atomic E-state index is 12.5. The van der Waals surface area contributed by atoms with E-state index >= 15 is 0 Å². The molecule has 0 bridgehead atoms. The molecule has 5 nitrogen and oxygen atoms in total. The van der Waals surface area contributed by atoms with Crippen LogP contribution in [0.25, 0.3) is 10.8 Å². The van der Waals surface area contributed by atoms with Gasteiger partial charge >= 0.3 is 5.97 Å². The van der Waals surface area contributed by atoms with Crippen LogP contribution in [0.2, 0.25) is 0 Å². The predicted octanol–water partition coefficient (Wildman–Crippen LogP) is 5.38. The monoisotopic (exact) mass is 425 g/mol. The van der Waals surface area contributed by atoms with Gasteiger partial charge in [0.05, 0.1) is 31.4 Å². The molecule has 0 aliphatic carbocycles. The van der Waals surface area contributed by atoms with Crippen LogP contribution in [-0.4, -0.2) is 13.1 Å². The molecule has 0 unspecified atom stereocenters. The number of methoxy groups -OCH3 is 1. The summed E-state index contributed by atoms with van der Waals surface area (Å²) < 4.78 is 16.6. The van der Waals surface area contributed by atoms with Crippen molar-refractivity contribution < 1.29 is 18.7 Å². The molecule has 0 spiro atoms. The summed E-state index contributed by atoms with van der Waals surface area (Å²) in [4.78, 5) is 12.5. The lowest BCUT2D eigenvalue weighted by atomic mass is 9.98. The topological polar surface area (TPSA) is 72.5 Å². The number of benzene rings is 3. The standard InChI is InChI=1S/C27H23NO4/c1-30-24-10-8-21(9-12-26-25-11-7-20(16-28)13-23(25)18-31-26)22(14-24)15-27(29)32-17-19-5-3-2-4-6-19/h2-8,10-11,13-14,18H,9,12,15,17H2,1H3. The van der Waals surface area contributed by atoms with Crippen molar-refractivity contribution in [2.45, 2.75) is 25.9 Å². The van der Waals surface area contributed by atoms with Crippen molar-refractivity contribution >= 4 is 16.7 Å². The molecule has 0 atom stereocenters. The summed E-state index contributed by atoms with van der Waals surface area (Å²) in [7, 11) is 1.61. The van der Waals surface area contributed by atoms with Crippen LogP contribution >= 0.6 is 0 Å². The van der Waals surface area contributed by atoms with Gasteiger partial charge in [-0.05, 0) is 53.4 Å². The van der Waals surface area contributed by atoms with Crippen molar-refractivity contribution in [2.75, 3.05) is 7.11 Å². The molecule has 0 amide bonds. The highest BCUT2D eigenvalue weighted by Gasteiger charge is 2.13. The first-order chi connectivity index (χ1) is 15.7. The second-order valence-electron chi connectivity index (χ2n) is 7.53. The van der Waals surface area contributed by atoms with Gasteiger partial charge in [0.1, 0.15) is 18.1 Å². The highest BCUT2D eigenvalue weighted by atomic mass is 16.5. The van der Waals surface area contributed by atoms with Crippen LogP contribution < -0.4 is 4.74 Å². The fraction of sp³-hybridized carbons (Fsp3) is 0.185. The number of carbonyl (C=O) groups is 1. The molecule has 160 valence electrons. The second kappa shape index (κ2) is 9.84. The largest absolute Gasteiger partial charge is 0.497 e. The van der Waals surface area contributed by atoms with Crippen LogP contribution in [0.3, 0.4) is 0 Å². The third-order valence-electron chi connectivity index (χ3n) is 5.42. The molecular formula is C27H23NO4. The molecule has 0 aliphatic heterocycles. The third-order valence-corrected chi connectivity index (χ3v) is 5.42. The zero-order valence-corrected chi connectivity index (χ0v) is 17.8. The minimum atomic E-state index is -0.282. The summed E-state index contributed by atoms with van der Waals surface area (Å²) in [5.41, 5.74) is 3.48. The lowest BCUT2D eigenvalue weighted by Gasteiger charge is -2.12. The van der Waals surface area contributed by atoms with Crippen LogP contribution in [0.5, 0.6) is 5.75 Å². The van der Waals surface area contributed by atoms with E-state index in [0.717, 1.165) is 33.2 Å². The van der Waals surface area contributed by atoms with E-state index < -0.39 is 0 Å². The van der Waals surface area contributed by atoms with Gasteiger partial charge in [-0.3, -0.25) is 4.79 Å². The van der Waals surface area contributed by atoms with Crippen molar-refractivity contribution in [1.82, 2.24) is 0 Å². The van der Waals surface area contributed by atoms with E-state index in [2.05, 4.69) is 6.07 Å². The summed E-state index contributed by atoms with van der Waals surface area (Å²) in [5, 5.41) is 11.0. The van der Waals surface area contributed by atoms with Gasteiger partial charge in [0.15, 0.2) is 0 Å². The van der Waals surface area contributed by atoms with Crippen molar-refractivity contribution in [2.24, 2.45) is 0 Å². The molecule has 0 radical (unpaired) electrons. The molecule has 3 aromatic carbocycles. The van der Waals surface area contributed by atoms with Crippen molar-refractivity contribution in [3.8, 4) is 11.8 Å². The number of nitrogens with zero attached hydrogens (tertiary/aromatic N) is 1. The van der Waals surface area contributed by atoms with Gasteiger partial charge in [-0.15, -0.1) is 0 Å². The molecule has 1 aromatic heterocycles. The Morgan fingerprint density at radius 1 is 1.00 bits per heavy atom. The summed E-state index contributed by atoms with van der Waals surface area (Å²) in [6.07, 6.45) is 3.23. The lowest BCUT2D eigenvalue weighted by molar-refractivity contribution is -0.144. The van der Waals surface area contributed by atoms with Crippen LogP contribution in [0.4, 0.5) is 0 Å². The molecular weight excluding hydrogens is 402 g/mol. The number of fused-ring (bicyclic) bond motifs is 1. The van der Waals surface area contributed by atoms with Gasteiger partial charge in [-0.25, -0.2) is 0 Å². The van der Waals surface area contributed by atoms with E-state index in [1.807, 2.05) is 60.7 Å². The molecule has 0 N–H and O–H groups in total. The van der Waals surface area contributed by atoms with E-state index in [0.29, 0.717) is 24.2 Å². The molecule has 0 saturated heterocycles. The molecule has 4 aromatic rings. The highest BCUT2D eigenvalue weighted by molar-refractivity contribution is 5.85. The number of nitriles is 1. The average Bonchev–Trinajstić information content (AvgIpc) is 3.24. The molecule has 32 heavy (non-hydrogen) atoms. The number of ether oxygens (including phenoxy) is 2. The molecule has 0 fully saturated rings. The van der Waals surface area contributed by atoms with Gasteiger partial charge in [-0.1, -0.05) is 36.4 Å². The molecule has 1 heterocycles. The minimum Gasteiger partial charge on any atom is -0.497 e. The maximum atomic E-state index is 12.5. The highest BCUT2D eigenvalue weighted by Crippen LogP contribution is 2.25. The Labute approximate surface area is 186 Å². The van der Waals surface area contributed by atoms with Gasteiger partial charge in [-0.2, -0.15) is 5.26 Å². The molecule has 0 aliphatic rings. The first-order valence-corrected chi connectivity index (χ1v) is 10.4. The first-order valence-electron chi connectivity index (χ1n) is 10.4. The normalized spacial score (nSPS) is 10.6. The fourth-order valence-electron chi connectivity index (χ4n) is 3.71. The van der Waals surface area contributed by atoms with Crippen LogP contribution in [-0.2, 0) is 35.4 Å². The number of hydrogen-bond acceptors (Lipinski definition) is 5. The summed E-state index contributed by atoms with van der Waals surface area (Å²) in [6, 6.07) is 23.1. The van der Waals surface area contributed by atoms with Crippen LogP contribution in [0.1, 0.15) is 28.0 Å². The lowest BCUT2D eigenvalue weighted by Crippen LogP contribution is -2.10. The number of esters is 1. The van der Waals surface area contributed by atoms with E-state index in [4.69, 9.17) is 19.2 Å². The van der Waals surface area contributed by atoms with Crippen molar-refractivity contribution in [1.29, 1.82) is 5.26 Å².